The first-order valence-electron chi connectivity index (χ1n) is 3.85. The number of nitrogen functional groups attached to an aromatic ring is 1. The average molecular weight is 242 g/mol. The van der Waals surface area contributed by atoms with Crippen LogP contribution in [-0.2, 0) is 0 Å². The van der Waals surface area contributed by atoms with Crippen LogP contribution in [0.25, 0.3) is 0 Å². The van der Waals surface area contributed by atoms with Gasteiger partial charge >= 0.3 is 0 Å². The van der Waals surface area contributed by atoms with E-state index < -0.39 is 0 Å². The summed E-state index contributed by atoms with van der Waals surface area (Å²) in [5.41, 5.74) is 5.35. The Labute approximate surface area is 92.4 Å². The minimum absolute atomic E-state index is 0.209. The smallest absolute Gasteiger partial charge is 0.288 e. The number of carbonyl (C=O) groups is 1. The van der Waals surface area contributed by atoms with E-state index in [4.69, 9.17) is 5.73 Å². The van der Waals surface area contributed by atoms with Crippen molar-refractivity contribution in [2.75, 3.05) is 11.1 Å². The van der Waals surface area contributed by atoms with Crippen molar-refractivity contribution in [3.05, 3.63) is 10.0 Å². The number of carbonyl (C=O) groups excluding carboxylic acids is 1. The number of nitrogens with one attached hydrogen (secondary N) is 1. The second-order valence-electron chi connectivity index (χ2n) is 2.53. The van der Waals surface area contributed by atoms with Crippen molar-refractivity contribution in [2.24, 2.45) is 0 Å². The third-order valence-corrected chi connectivity index (χ3v) is 2.89. The van der Waals surface area contributed by atoms with E-state index in [1.807, 2.05) is 0 Å². The van der Waals surface area contributed by atoms with Gasteiger partial charge in [-0.15, -0.1) is 20.4 Å². The molecule has 0 aliphatic rings. The van der Waals surface area contributed by atoms with Crippen LogP contribution in [0.15, 0.2) is 0 Å². The van der Waals surface area contributed by atoms with Gasteiger partial charge in [0, 0.05) is 0 Å². The normalized spacial score (nSPS) is 10.2. The predicted octanol–water partition coefficient (Wildman–Crippen LogP) is 0.533. The molecular weight excluding hydrogens is 236 g/mol. The van der Waals surface area contributed by atoms with Gasteiger partial charge in [-0.2, -0.15) is 0 Å². The molecule has 0 saturated carbocycles. The van der Waals surface area contributed by atoms with E-state index >= 15 is 0 Å². The second-order valence-corrected chi connectivity index (χ2v) is 4.72. The molecule has 0 aliphatic heterocycles. The average Bonchev–Trinajstić information content (AvgIpc) is 2.75. The van der Waals surface area contributed by atoms with E-state index in [-0.39, 0.29) is 16.0 Å². The molecule has 2 aromatic rings. The van der Waals surface area contributed by atoms with E-state index in [9.17, 15) is 4.79 Å². The van der Waals surface area contributed by atoms with Crippen LogP contribution in [0.3, 0.4) is 0 Å². The molecule has 9 heteroatoms. The number of amides is 1. The molecule has 0 spiro atoms. The predicted molar refractivity (Wildman–Crippen MR) is 56.9 cm³/mol. The van der Waals surface area contributed by atoms with Crippen molar-refractivity contribution in [3.8, 4) is 0 Å². The molecular formula is C6H6N6OS2. The highest BCUT2D eigenvalue weighted by molar-refractivity contribution is 7.17. The SMILES string of the molecule is Cc1nnc(NC(=O)c2nnc(N)s2)s1. The lowest BCUT2D eigenvalue weighted by Gasteiger charge is -1.93. The van der Waals surface area contributed by atoms with E-state index in [0.29, 0.717) is 5.13 Å². The number of anilines is 2. The first-order chi connectivity index (χ1) is 7.15. The lowest BCUT2D eigenvalue weighted by Crippen LogP contribution is -2.11. The fourth-order valence-electron chi connectivity index (χ4n) is 0.824. The van der Waals surface area contributed by atoms with Gasteiger partial charge in [0.2, 0.25) is 15.3 Å². The molecule has 0 atom stereocenters. The quantitative estimate of drug-likeness (QED) is 0.795. The topological polar surface area (TPSA) is 107 Å². The summed E-state index contributed by atoms with van der Waals surface area (Å²) in [5.74, 6) is -0.375. The Morgan fingerprint density at radius 1 is 1.27 bits per heavy atom. The molecule has 78 valence electrons. The molecule has 2 heterocycles. The molecule has 0 bridgehead atoms. The Hall–Kier alpha value is -1.61. The first kappa shape index (κ1) is 9.93. The van der Waals surface area contributed by atoms with Crippen molar-refractivity contribution < 1.29 is 4.79 Å². The number of nitrogens with zero attached hydrogens (tertiary/aromatic N) is 4. The van der Waals surface area contributed by atoms with Gasteiger partial charge in [0.25, 0.3) is 5.91 Å². The zero-order valence-corrected chi connectivity index (χ0v) is 9.22. The Balaban J connectivity index is 2.10. The van der Waals surface area contributed by atoms with E-state index in [0.717, 1.165) is 16.3 Å². The number of nitrogens with two attached hydrogens (primary N) is 1. The van der Waals surface area contributed by atoms with Gasteiger partial charge in [-0.3, -0.25) is 10.1 Å². The summed E-state index contributed by atoms with van der Waals surface area (Å²) in [7, 11) is 0. The molecule has 0 fully saturated rings. The Bertz CT molecular complexity index is 491. The third kappa shape index (κ3) is 2.25. The minimum atomic E-state index is -0.375. The van der Waals surface area contributed by atoms with Gasteiger partial charge in [-0.05, 0) is 6.92 Å². The molecule has 15 heavy (non-hydrogen) atoms. The van der Waals surface area contributed by atoms with Crippen LogP contribution in [0.2, 0.25) is 0 Å². The summed E-state index contributed by atoms with van der Waals surface area (Å²) in [5, 5.41) is 18.9. The zero-order valence-electron chi connectivity index (χ0n) is 7.59. The van der Waals surface area contributed by atoms with Crippen LogP contribution < -0.4 is 11.1 Å². The van der Waals surface area contributed by atoms with Crippen molar-refractivity contribution >= 4 is 38.8 Å². The van der Waals surface area contributed by atoms with Crippen LogP contribution in [0.5, 0.6) is 0 Å². The second kappa shape index (κ2) is 3.87. The summed E-state index contributed by atoms with van der Waals surface area (Å²) in [6, 6.07) is 0. The van der Waals surface area contributed by atoms with Crippen LogP contribution in [0, 0.1) is 6.92 Å². The molecule has 0 unspecified atom stereocenters. The van der Waals surface area contributed by atoms with Gasteiger partial charge in [0.15, 0.2) is 0 Å². The van der Waals surface area contributed by atoms with Crippen LogP contribution in [-0.4, -0.2) is 26.3 Å². The van der Waals surface area contributed by atoms with Crippen LogP contribution >= 0.6 is 22.7 Å². The molecule has 1 amide bonds. The number of rotatable bonds is 2. The maximum absolute atomic E-state index is 11.5. The van der Waals surface area contributed by atoms with Gasteiger partial charge in [0.05, 0.1) is 0 Å². The Morgan fingerprint density at radius 2 is 2.07 bits per heavy atom. The van der Waals surface area contributed by atoms with Crippen LogP contribution in [0.1, 0.15) is 14.8 Å². The molecule has 2 rings (SSSR count). The van der Waals surface area contributed by atoms with Gasteiger partial charge in [-0.1, -0.05) is 22.7 Å². The summed E-state index contributed by atoms with van der Waals surface area (Å²) in [6.07, 6.45) is 0. The standard InChI is InChI=1S/C6H6N6OS2/c1-2-9-12-6(14-2)8-3(13)4-10-11-5(7)15-4/h1H3,(H2,7,11)(H,8,12,13). The molecule has 2 aromatic heterocycles. The minimum Gasteiger partial charge on any atom is -0.374 e. The zero-order chi connectivity index (χ0) is 10.8. The summed E-state index contributed by atoms with van der Waals surface area (Å²) in [4.78, 5) is 11.5. The third-order valence-electron chi connectivity index (χ3n) is 1.38. The van der Waals surface area contributed by atoms with Crippen molar-refractivity contribution in [3.63, 3.8) is 0 Å². The van der Waals surface area contributed by atoms with Gasteiger partial charge in [0.1, 0.15) is 5.01 Å². The molecule has 7 nitrogen and oxygen atoms in total. The van der Waals surface area contributed by atoms with E-state index in [2.05, 4.69) is 25.7 Å². The monoisotopic (exact) mass is 242 g/mol. The van der Waals surface area contributed by atoms with Gasteiger partial charge in [-0.25, -0.2) is 0 Å². The maximum atomic E-state index is 11.5. The van der Waals surface area contributed by atoms with Crippen molar-refractivity contribution in [2.45, 2.75) is 6.92 Å². The number of aromatic nitrogens is 4. The maximum Gasteiger partial charge on any atom is 0.288 e. The highest BCUT2D eigenvalue weighted by Crippen LogP contribution is 2.16. The number of hydrogen-bond acceptors (Lipinski definition) is 8. The van der Waals surface area contributed by atoms with E-state index in [1.54, 1.807) is 6.92 Å². The van der Waals surface area contributed by atoms with Crippen molar-refractivity contribution in [1.82, 2.24) is 20.4 Å². The molecule has 3 N–H and O–H groups in total. The molecule has 0 radical (unpaired) electrons. The Morgan fingerprint density at radius 3 is 2.60 bits per heavy atom. The number of hydrogen-bond donors (Lipinski definition) is 2. The summed E-state index contributed by atoms with van der Waals surface area (Å²) in [6.45, 7) is 1.80. The Kier molecular flexibility index (Phi) is 2.56. The molecule has 0 aliphatic carbocycles. The highest BCUT2D eigenvalue weighted by Gasteiger charge is 2.13. The lowest BCUT2D eigenvalue weighted by molar-refractivity contribution is 0.102. The summed E-state index contributed by atoms with van der Waals surface area (Å²) >= 11 is 2.31. The first-order valence-corrected chi connectivity index (χ1v) is 5.49. The van der Waals surface area contributed by atoms with Crippen molar-refractivity contribution in [1.29, 1.82) is 0 Å². The van der Waals surface area contributed by atoms with Gasteiger partial charge < -0.3 is 5.73 Å². The largest absolute Gasteiger partial charge is 0.374 e. The summed E-state index contributed by atoms with van der Waals surface area (Å²) < 4.78 is 0. The highest BCUT2D eigenvalue weighted by atomic mass is 32.1. The van der Waals surface area contributed by atoms with Crippen LogP contribution in [0.4, 0.5) is 10.3 Å². The molecule has 0 saturated heterocycles. The molecule has 0 aromatic carbocycles. The van der Waals surface area contributed by atoms with E-state index in [1.165, 1.54) is 11.3 Å². The fourth-order valence-corrected chi connectivity index (χ4v) is 1.92. The lowest BCUT2D eigenvalue weighted by atomic mass is 10.6. The fraction of sp³-hybridized carbons (Fsp3) is 0.167. The number of aryl methyl sites for hydroxylation is 1.